The van der Waals surface area contributed by atoms with Crippen molar-refractivity contribution in [3.63, 3.8) is 0 Å². The number of carbonyl (C=O) groups excluding carboxylic acids is 4. The number of carbonyl (C=O) groups is 4. The minimum atomic E-state index is -1.51. The number of halogens is 6. The van der Waals surface area contributed by atoms with Gasteiger partial charge in [-0.2, -0.15) is 5.01 Å². The number of ketones is 1. The Hall–Kier alpha value is -2.92. The van der Waals surface area contributed by atoms with E-state index in [2.05, 4.69) is 0 Å². The van der Waals surface area contributed by atoms with Gasteiger partial charge in [-0.05, 0) is 42.8 Å². The molecule has 40 heavy (non-hydrogen) atoms. The van der Waals surface area contributed by atoms with Crippen LogP contribution in [0.3, 0.4) is 0 Å². The van der Waals surface area contributed by atoms with Gasteiger partial charge in [-0.25, -0.2) is 5.01 Å². The van der Waals surface area contributed by atoms with E-state index in [1.807, 2.05) is 0 Å². The molecule has 1 aliphatic heterocycles. The molecule has 206 valence electrons. The van der Waals surface area contributed by atoms with E-state index >= 15 is 0 Å². The molecule has 0 saturated heterocycles. The quantitative estimate of drug-likeness (QED) is 0.0472. The minimum Gasteiger partial charge on any atom is -0.292 e. The lowest BCUT2D eigenvalue weighted by Gasteiger charge is -2.36. The lowest BCUT2D eigenvalue weighted by atomic mass is 10.0. The molecule has 3 amide bonds. The number of fused-ring (bicyclic) bond motifs is 1. The molecule has 0 N–H and O–H groups in total. The van der Waals surface area contributed by atoms with Gasteiger partial charge in [0.05, 0.1) is 36.1 Å². The average molecular weight is 664 g/mol. The maximum atomic E-state index is 13.9. The molecule has 0 spiro atoms. The second kappa shape index (κ2) is 11.9. The summed E-state index contributed by atoms with van der Waals surface area (Å²) >= 11 is 36.7. The maximum Gasteiger partial charge on any atom is 0.282 e. The maximum absolute atomic E-state index is 13.9. The molecule has 9 nitrogen and oxygen atoms in total. The predicted octanol–water partition coefficient (Wildman–Crippen LogP) is 7.40. The normalized spacial score (nSPS) is 13.3. The summed E-state index contributed by atoms with van der Waals surface area (Å²) in [5.74, 6) is -4.09. The Labute approximate surface area is 256 Å². The Morgan fingerprint density at radius 2 is 1.27 bits per heavy atom. The first kappa shape index (κ1) is 30.0. The number of imide groups is 1. The number of amides is 3. The summed E-state index contributed by atoms with van der Waals surface area (Å²) in [5, 5.41) is 11.2. The fourth-order valence-corrected chi connectivity index (χ4v) is 5.38. The molecule has 4 rings (SSSR count). The van der Waals surface area contributed by atoms with E-state index in [-0.39, 0.29) is 49.2 Å². The fourth-order valence-electron chi connectivity index (χ4n) is 4.04. The Kier molecular flexibility index (Phi) is 8.94. The van der Waals surface area contributed by atoms with Crippen LogP contribution in [0.15, 0.2) is 48.5 Å². The van der Waals surface area contributed by atoms with E-state index in [1.165, 1.54) is 24.3 Å². The summed E-state index contributed by atoms with van der Waals surface area (Å²) < 4.78 is 0. The number of hydrogen-bond acceptors (Lipinski definition) is 6. The Balaban J connectivity index is 1.91. The van der Waals surface area contributed by atoms with Crippen LogP contribution in [0.1, 0.15) is 47.9 Å². The first-order valence-electron chi connectivity index (χ1n) is 11.1. The van der Waals surface area contributed by atoms with Crippen LogP contribution in [0.2, 0.25) is 25.1 Å². The minimum absolute atomic E-state index is 0.0970. The van der Waals surface area contributed by atoms with Gasteiger partial charge in [-0.15, -0.1) is 11.6 Å². The van der Waals surface area contributed by atoms with Crippen molar-refractivity contribution in [1.82, 2.24) is 10.0 Å². The number of alkyl halides is 1. The van der Waals surface area contributed by atoms with Crippen LogP contribution >= 0.6 is 69.6 Å². The molecule has 0 bridgehead atoms. The molecule has 0 aliphatic carbocycles. The zero-order chi connectivity index (χ0) is 29.5. The molecule has 15 heteroatoms. The smallest absolute Gasteiger partial charge is 0.282 e. The number of non-ortho nitro benzene ring substituents is 1. The highest BCUT2D eigenvalue weighted by atomic mass is 35.5. The standard InChI is InChI=1S/C25H13Cl6N3O6/c26-10-9-15(22(35)11-1-5-13(27)6-2-11)32(23(36)12-3-7-14(8-4-12)34(39)40)33-24(37)16-17(25(33)38)19(29)21(31)20(30)18(16)28/h1-8,15H,9-10H2/t15-/m0/s1. The Bertz CT molecular complexity index is 1530. The van der Waals surface area contributed by atoms with Gasteiger partial charge in [0, 0.05) is 34.2 Å². The second-order valence-electron chi connectivity index (χ2n) is 8.25. The third kappa shape index (κ3) is 5.25. The van der Waals surface area contributed by atoms with Crippen LogP contribution in [-0.2, 0) is 0 Å². The van der Waals surface area contributed by atoms with E-state index in [4.69, 9.17) is 69.6 Å². The molecule has 0 saturated carbocycles. The molecule has 0 aromatic heterocycles. The summed E-state index contributed by atoms with van der Waals surface area (Å²) in [6.07, 6.45) is -0.210. The Morgan fingerprint density at radius 1 is 0.800 bits per heavy atom. The highest BCUT2D eigenvalue weighted by Crippen LogP contribution is 2.45. The van der Waals surface area contributed by atoms with Gasteiger partial charge >= 0.3 is 0 Å². The van der Waals surface area contributed by atoms with Crippen LogP contribution in [0.5, 0.6) is 0 Å². The largest absolute Gasteiger partial charge is 0.292 e. The molecule has 0 fully saturated rings. The van der Waals surface area contributed by atoms with E-state index in [9.17, 15) is 29.3 Å². The highest BCUT2D eigenvalue weighted by molar-refractivity contribution is 6.55. The summed E-state index contributed by atoms with van der Waals surface area (Å²) in [6, 6.07) is 8.52. The molecule has 0 unspecified atom stereocenters. The van der Waals surface area contributed by atoms with E-state index < -0.39 is 45.6 Å². The van der Waals surface area contributed by atoms with Crippen LogP contribution in [0, 0.1) is 10.1 Å². The summed E-state index contributed by atoms with van der Waals surface area (Å²) in [7, 11) is 0. The van der Waals surface area contributed by atoms with Crippen LogP contribution < -0.4 is 0 Å². The molecule has 3 aromatic rings. The van der Waals surface area contributed by atoms with Crippen molar-refractivity contribution in [1.29, 1.82) is 0 Å². The lowest BCUT2D eigenvalue weighted by molar-refractivity contribution is -0.384. The van der Waals surface area contributed by atoms with Gasteiger partial charge in [0.25, 0.3) is 23.4 Å². The number of hydrogen-bond donors (Lipinski definition) is 0. The van der Waals surface area contributed by atoms with Gasteiger partial charge < -0.3 is 0 Å². The van der Waals surface area contributed by atoms with Crippen molar-refractivity contribution < 1.29 is 24.1 Å². The molecule has 1 atom stereocenters. The monoisotopic (exact) mass is 661 g/mol. The third-order valence-electron chi connectivity index (χ3n) is 5.94. The number of nitrogens with zero attached hydrogens (tertiary/aromatic N) is 3. The third-order valence-corrected chi connectivity index (χ3v) is 8.21. The molecule has 1 aliphatic rings. The van der Waals surface area contributed by atoms with Crippen LogP contribution in [-0.4, -0.2) is 50.4 Å². The van der Waals surface area contributed by atoms with E-state index in [1.54, 1.807) is 0 Å². The van der Waals surface area contributed by atoms with Crippen LogP contribution in [0.25, 0.3) is 0 Å². The second-order valence-corrected chi connectivity index (χ2v) is 10.6. The van der Waals surface area contributed by atoms with Crippen molar-refractivity contribution in [3.8, 4) is 0 Å². The molecule has 1 heterocycles. The molecular formula is C25H13Cl6N3O6. The van der Waals surface area contributed by atoms with Crippen molar-refractivity contribution in [2.45, 2.75) is 12.5 Å². The van der Waals surface area contributed by atoms with Crippen LogP contribution in [0.4, 0.5) is 5.69 Å². The zero-order valence-electron chi connectivity index (χ0n) is 19.7. The number of nitro benzene ring substituents is 1. The molecule has 0 radical (unpaired) electrons. The number of hydrazine groups is 1. The summed E-state index contributed by atoms with van der Waals surface area (Å²) in [4.78, 5) is 65.5. The summed E-state index contributed by atoms with van der Waals surface area (Å²) in [5.41, 5.74) is -1.24. The Morgan fingerprint density at radius 3 is 1.73 bits per heavy atom. The molecule has 3 aromatic carbocycles. The van der Waals surface area contributed by atoms with E-state index in [0.717, 1.165) is 24.3 Å². The first-order valence-corrected chi connectivity index (χ1v) is 13.5. The topological polar surface area (TPSA) is 118 Å². The molecular weight excluding hydrogens is 651 g/mol. The number of benzene rings is 3. The average Bonchev–Trinajstić information content (AvgIpc) is 3.20. The SMILES string of the molecule is O=C(c1ccc(Cl)cc1)[C@H](CCCl)N(C(=O)c1ccc([N+](=O)[O-])cc1)N1C(=O)c2c(Cl)c(Cl)c(Cl)c(Cl)c2C1=O. The van der Waals surface area contributed by atoms with Gasteiger partial charge in [0.1, 0.15) is 6.04 Å². The van der Waals surface area contributed by atoms with E-state index in [0.29, 0.717) is 15.0 Å². The number of Topliss-reactive ketones (excluding diaryl/α,β-unsaturated/α-hetero) is 1. The predicted molar refractivity (Wildman–Crippen MR) is 151 cm³/mol. The van der Waals surface area contributed by atoms with Crippen molar-refractivity contribution in [3.05, 3.63) is 106 Å². The number of rotatable bonds is 8. The van der Waals surface area contributed by atoms with Gasteiger partial charge in [-0.1, -0.05) is 58.0 Å². The van der Waals surface area contributed by atoms with Crippen molar-refractivity contribution in [2.24, 2.45) is 0 Å². The number of nitro groups is 1. The van der Waals surface area contributed by atoms with Crippen molar-refractivity contribution >= 4 is 98.8 Å². The lowest BCUT2D eigenvalue weighted by Crippen LogP contribution is -2.57. The highest BCUT2D eigenvalue weighted by Gasteiger charge is 2.49. The first-order chi connectivity index (χ1) is 18.9. The zero-order valence-corrected chi connectivity index (χ0v) is 24.2. The van der Waals surface area contributed by atoms with Gasteiger partial charge in [0.15, 0.2) is 5.78 Å². The van der Waals surface area contributed by atoms with Gasteiger partial charge in [-0.3, -0.25) is 29.3 Å². The van der Waals surface area contributed by atoms with Gasteiger partial charge in [0.2, 0.25) is 0 Å². The summed E-state index contributed by atoms with van der Waals surface area (Å²) in [6.45, 7) is 0. The van der Waals surface area contributed by atoms with Crippen molar-refractivity contribution in [2.75, 3.05) is 5.88 Å². The fraction of sp³-hybridized carbons (Fsp3) is 0.120.